The van der Waals surface area contributed by atoms with Crippen molar-refractivity contribution in [1.29, 1.82) is 0 Å². The number of nitro groups is 1. The number of furan rings is 1. The van der Waals surface area contributed by atoms with E-state index in [-0.39, 0.29) is 23.0 Å². The zero-order valence-corrected chi connectivity index (χ0v) is 9.22. The smallest absolute Gasteiger partial charge is 0.311 e. The van der Waals surface area contributed by atoms with Crippen molar-refractivity contribution in [3.63, 3.8) is 0 Å². The third kappa shape index (κ3) is 1.73. The number of carbonyl (C=O) groups excluding carboxylic acids is 1. The zero-order chi connectivity index (χ0) is 12.6. The number of nitrogens with zero attached hydrogens (tertiary/aromatic N) is 1. The molecule has 0 saturated carbocycles. The minimum absolute atomic E-state index is 0.101. The lowest BCUT2D eigenvalue weighted by Gasteiger charge is -2.01. The van der Waals surface area contributed by atoms with Crippen molar-refractivity contribution < 1.29 is 18.9 Å². The first-order valence-electron chi connectivity index (χ1n) is 4.80. The summed E-state index contributed by atoms with van der Waals surface area (Å²) in [6.45, 7) is 1.36. The third-order valence-corrected chi connectivity index (χ3v) is 2.38. The summed E-state index contributed by atoms with van der Waals surface area (Å²) in [6.07, 6.45) is 0. The van der Waals surface area contributed by atoms with Gasteiger partial charge in [-0.15, -0.1) is 0 Å². The maximum absolute atomic E-state index is 11.2. The molecule has 0 aliphatic carbocycles. The molecule has 1 aromatic heterocycles. The lowest BCUT2D eigenvalue weighted by atomic mass is 10.2. The zero-order valence-electron chi connectivity index (χ0n) is 9.22. The van der Waals surface area contributed by atoms with Gasteiger partial charge in [0.05, 0.1) is 17.4 Å². The molecule has 0 spiro atoms. The molecule has 2 rings (SSSR count). The van der Waals surface area contributed by atoms with Crippen LogP contribution < -0.4 is 4.74 Å². The van der Waals surface area contributed by atoms with Crippen molar-refractivity contribution in [2.24, 2.45) is 0 Å². The number of hydrogen-bond acceptors (Lipinski definition) is 5. The molecule has 88 valence electrons. The molecule has 1 aromatic carbocycles. The molecule has 0 aliphatic rings. The van der Waals surface area contributed by atoms with Gasteiger partial charge in [0.25, 0.3) is 0 Å². The number of fused-ring (bicyclic) bond motifs is 1. The molecule has 0 bridgehead atoms. The Morgan fingerprint density at radius 1 is 1.47 bits per heavy atom. The van der Waals surface area contributed by atoms with Crippen LogP contribution in [0.4, 0.5) is 5.69 Å². The highest BCUT2D eigenvalue weighted by molar-refractivity contribution is 5.98. The second kappa shape index (κ2) is 3.89. The summed E-state index contributed by atoms with van der Waals surface area (Å²) < 4.78 is 10.3. The van der Waals surface area contributed by atoms with Gasteiger partial charge >= 0.3 is 5.69 Å². The molecule has 0 saturated heterocycles. The fraction of sp³-hybridized carbons (Fsp3) is 0.182. The molecule has 0 fully saturated rings. The monoisotopic (exact) mass is 235 g/mol. The Morgan fingerprint density at radius 2 is 2.18 bits per heavy atom. The molecular formula is C11H9NO5. The summed E-state index contributed by atoms with van der Waals surface area (Å²) in [4.78, 5) is 21.4. The molecule has 0 N–H and O–H groups in total. The van der Waals surface area contributed by atoms with Crippen LogP contribution in [-0.4, -0.2) is 17.8 Å². The van der Waals surface area contributed by atoms with Crippen LogP contribution in [0.1, 0.15) is 17.5 Å². The van der Waals surface area contributed by atoms with E-state index in [2.05, 4.69) is 0 Å². The van der Waals surface area contributed by atoms with Crippen LogP contribution in [0.3, 0.4) is 0 Å². The van der Waals surface area contributed by atoms with E-state index >= 15 is 0 Å². The average molecular weight is 235 g/mol. The number of rotatable bonds is 3. The van der Waals surface area contributed by atoms with E-state index in [4.69, 9.17) is 9.15 Å². The van der Waals surface area contributed by atoms with Gasteiger partial charge in [0.15, 0.2) is 11.5 Å². The Morgan fingerprint density at radius 3 is 2.71 bits per heavy atom. The molecule has 0 atom stereocenters. The highest BCUT2D eigenvalue weighted by Gasteiger charge is 2.21. The SMILES string of the molecule is COc1c([N+](=O)[O-])ccc2oc(C(C)=O)cc12. The van der Waals surface area contributed by atoms with E-state index in [0.717, 1.165) is 0 Å². The van der Waals surface area contributed by atoms with Gasteiger partial charge in [-0.3, -0.25) is 14.9 Å². The minimum atomic E-state index is -0.543. The lowest BCUT2D eigenvalue weighted by Crippen LogP contribution is -1.93. The number of methoxy groups -OCH3 is 1. The Labute approximate surface area is 95.9 Å². The Kier molecular flexibility index (Phi) is 2.55. The van der Waals surface area contributed by atoms with E-state index in [1.165, 1.54) is 32.2 Å². The molecule has 17 heavy (non-hydrogen) atoms. The van der Waals surface area contributed by atoms with E-state index < -0.39 is 4.92 Å². The van der Waals surface area contributed by atoms with Gasteiger partial charge in [0, 0.05) is 13.0 Å². The van der Waals surface area contributed by atoms with E-state index in [1.807, 2.05) is 0 Å². The summed E-state index contributed by atoms with van der Waals surface area (Å²) in [5.41, 5.74) is 0.230. The van der Waals surface area contributed by atoms with Gasteiger partial charge in [-0.1, -0.05) is 0 Å². The van der Waals surface area contributed by atoms with Gasteiger partial charge in [-0.25, -0.2) is 0 Å². The first-order valence-corrected chi connectivity index (χ1v) is 4.80. The molecular weight excluding hydrogens is 226 g/mol. The van der Waals surface area contributed by atoms with Crippen molar-refractivity contribution in [3.05, 3.63) is 34.1 Å². The molecule has 1 heterocycles. The lowest BCUT2D eigenvalue weighted by molar-refractivity contribution is -0.385. The molecule has 0 amide bonds. The van der Waals surface area contributed by atoms with Crippen LogP contribution in [0.5, 0.6) is 5.75 Å². The van der Waals surface area contributed by atoms with Crippen molar-refractivity contribution in [2.45, 2.75) is 6.92 Å². The van der Waals surface area contributed by atoms with Crippen LogP contribution in [0, 0.1) is 10.1 Å². The van der Waals surface area contributed by atoms with Crippen molar-refractivity contribution in [1.82, 2.24) is 0 Å². The van der Waals surface area contributed by atoms with Crippen molar-refractivity contribution in [2.75, 3.05) is 7.11 Å². The molecule has 2 aromatic rings. The second-order valence-electron chi connectivity index (χ2n) is 3.45. The minimum Gasteiger partial charge on any atom is -0.490 e. The van der Waals surface area contributed by atoms with E-state index in [0.29, 0.717) is 11.0 Å². The Bertz CT molecular complexity index is 614. The predicted molar refractivity (Wildman–Crippen MR) is 59.4 cm³/mol. The topological polar surface area (TPSA) is 82.6 Å². The average Bonchev–Trinajstić information content (AvgIpc) is 2.70. The largest absolute Gasteiger partial charge is 0.490 e. The van der Waals surface area contributed by atoms with Gasteiger partial charge < -0.3 is 9.15 Å². The summed E-state index contributed by atoms with van der Waals surface area (Å²) in [6, 6.07) is 4.18. The van der Waals surface area contributed by atoms with Crippen LogP contribution in [-0.2, 0) is 0 Å². The number of ketones is 1. The summed E-state index contributed by atoms with van der Waals surface area (Å²) in [7, 11) is 1.34. The maximum Gasteiger partial charge on any atom is 0.311 e. The number of Topliss-reactive ketones (excluding diaryl/α,β-unsaturated/α-hetero) is 1. The number of carbonyl (C=O) groups is 1. The number of nitro benzene ring substituents is 1. The van der Waals surface area contributed by atoms with Crippen LogP contribution in [0.15, 0.2) is 22.6 Å². The van der Waals surface area contributed by atoms with Gasteiger partial charge in [0.2, 0.25) is 5.75 Å². The quantitative estimate of drug-likeness (QED) is 0.463. The van der Waals surface area contributed by atoms with E-state index in [9.17, 15) is 14.9 Å². The fourth-order valence-corrected chi connectivity index (χ4v) is 1.61. The number of ether oxygens (including phenoxy) is 1. The van der Waals surface area contributed by atoms with Crippen LogP contribution in [0.2, 0.25) is 0 Å². The molecule has 6 heteroatoms. The maximum atomic E-state index is 11.2. The van der Waals surface area contributed by atoms with Gasteiger partial charge in [-0.2, -0.15) is 0 Å². The van der Waals surface area contributed by atoms with Gasteiger partial charge in [0.1, 0.15) is 5.58 Å². The summed E-state index contributed by atoms with van der Waals surface area (Å²) >= 11 is 0. The summed E-state index contributed by atoms with van der Waals surface area (Å²) in [5, 5.41) is 11.2. The first-order chi connectivity index (χ1) is 8.04. The molecule has 0 aliphatic heterocycles. The van der Waals surface area contributed by atoms with Gasteiger partial charge in [-0.05, 0) is 12.1 Å². The molecule has 6 nitrogen and oxygen atoms in total. The summed E-state index contributed by atoms with van der Waals surface area (Å²) in [5.74, 6) is 0.00783. The highest BCUT2D eigenvalue weighted by atomic mass is 16.6. The standard InChI is InChI=1S/C11H9NO5/c1-6(13)10-5-7-9(17-10)4-3-8(12(14)15)11(7)16-2/h3-5H,1-2H3. The molecule has 0 unspecified atom stereocenters. The normalized spacial score (nSPS) is 10.5. The predicted octanol–water partition coefficient (Wildman–Crippen LogP) is 2.55. The van der Waals surface area contributed by atoms with E-state index in [1.54, 1.807) is 0 Å². The molecule has 0 radical (unpaired) electrons. The fourth-order valence-electron chi connectivity index (χ4n) is 1.61. The Balaban J connectivity index is 2.76. The first kappa shape index (κ1) is 11.1. The number of hydrogen-bond donors (Lipinski definition) is 0. The Hall–Kier alpha value is -2.37. The highest BCUT2D eigenvalue weighted by Crippen LogP contribution is 2.36. The second-order valence-corrected chi connectivity index (χ2v) is 3.45. The van der Waals surface area contributed by atoms with Crippen molar-refractivity contribution in [3.8, 4) is 5.75 Å². The van der Waals surface area contributed by atoms with Crippen LogP contribution >= 0.6 is 0 Å². The third-order valence-electron chi connectivity index (χ3n) is 2.38. The van der Waals surface area contributed by atoms with Crippen LogP contribution in [0.25, 0.3) is 11.0 Å². The van der Waals surface area contributed by atoms with Crippen molar-refractivity contribution >= 4 is 22.4 Å². The number of benzene rings is 1.